The van der Waals surface area contributed by atoms with Gasteiger partial charge in [-0.2, -0.15) is 4.98 Å². The Morgan fingerprint density at radius 2 is 2.16 bits per heavy atom. The highest BCUT2D eigenvalue weighted by Crippen LogP contribution is 2.19. The van der Waals surface area contributed by atoms with Crippen molar-refractivity contribution in [1.82, 2.24) is 14.9 Å². The number of hydrogen-bond donors (Lipinski definition) is 2. The Bertz CT molecular complexity index is 517. The average molecular weight is 263 g/mol. The molecule has 0 bridgehead atoms. The Hall–Kier alpha value is -2.18. The first-order chi connectivity index (χ1) is 9.02. The van der Waals surface area contributed by atoms with Crippen molar-refractivity contribution < 1.29 is 9.59 Å². The summed E-state index contributed by atoms with van der Waals surface area (Å²) in [6, 6.07) is -0.416. The molecule has 1 fully saturated rings. The number of carbonyl (C=O) groups excluding carboxylic acids is 2. The van der Waals surface area contributed by atoms with E-state index in [2.05, 4.69) is 20.6 Å². The predicted octanol–water partition coefficient (Wildman–Crippen LogP) is 0.386. The number of amides is 2. The van der Waals surface area contributed by atoms with E-state index in [4.69, 9.17) is 0 Å². The number of carbonyl (C=O) groups is 2. The fourth-order valence-electron chi connectivity index (χ4n) is 1.92. The van der Waals surface area contributed by atoms with Gasteiger partial charge in [0.25, 0.3) is 5.91 Å². The van der Waals surface area contributed by atoms with Crippen molar-refractivity contribution >= 4 is 23.6 Å². The summed E-state index contributed by atoms with van der Waals surface area (Å²) < 4.78 is 0. The summed E-state index contributed by atoms with van der Waals surface area (Å²) in [5.41, 5.74) is 0.853. The fraction of sp³-hybridized carbons (Fsp3) is 0.500. The molecule has 1 aliphatic rings. The highest BCUT2D eigenvalue weighted by atomic mass is 16.2. The SMILES string of the molecule is CNc1ncc(C)c(NC2CCC(=O)N(C)C2=O)n1. The maximum Gasteiger partial charge on any atom is 0.251 e. The summed E-state index contributed by atoms with van der Waals surface area (Å²) in [6.45, 7) is 1.87. The lowest BCUT2D eigenvalue weighted by Crippen LogP contribution is -2.48. The highest BCUT2D eigenvalue weighted by molar-refractivity contribution is 6.01. The first kappa shape index (κ1) is 13.3. The van der Waals surface area contributed by atoms with Gasteiger partial charge in [0, 0.05) is 32.3 Å². The molecule has 19 heavy (non-hydrogen) atoms. The minimum atomic E-state index is -0.416. The van der Waals surface area contributed by atoms with Gasteiger partial charge < -0.3 is 10.6 Å². The standard InChI is InChI=1S/C12H17N5O2/c1-7-6-14-12(13-2)16-10(7)15-8-4-5-9(18)17(3)11(8)19/h6,8H,4-5H2,1-3H3,(H2,13,14,15,16). The van der Waals surface area contributed by atoms with Crippen molar-refractivity contribution in [1.29, 1.82) is 0 Å². The minimum Gasteiger partial charge on any atom is -0.358 e. The van der Waals surface area contributed by atoms with Gasteiger partial charge in [-0.1, -0.05) is 0 Å². The molecule has 2 rings (SSSR count). The van der Waals surface area contributed by atoms with Gasteiger partial charge in [0.15, 0.2) is 0 Å². The van der Waals surface area contributed by atoms with E-state index in [0.717, 1.165) is 10.5 Å². The van der Waals surface area contributed by atoms with Gasteiger partial charge in [0.2, 0.25) is 11.9 Å². The molecule has 7 nitrogen and oxygen atoms in total. The lowest BCUT2D eigenvalue weighted by molar-refractivity contribution is -0.146. The molecule has 0 spiro atoms. The van der Waals surface area contributed by atoms with Crippen LogP contribution in [0.4, 0.5) is 11.8 Å². The third-order valence-electron chi connectivity index (χ3n) is 3.16. The van der Waals surface area contributed by atoms with E-state index >= 15 is 0 Å². The number of aryl methyl sites for hydroxylation is 1. The number of rotatable bonds is 3. The van der Waals surface area contributed by atoms with Crippen molar-refractivity contribution in [2.45, 2.75) is 25.8 Å². The van der Waals surface area contributed by atoms with Crippen LogP contribution in [-0.2, 0) is 9.59 Å². The quantitative estimate of drug-likeness (QED) is 0.767. The van der Waals surface area contributed by atoms with Crippen molar-refractivity contribution in [2.75, 3.05) is 24.7 Å². The summed E-state index contributed by atoms with van der Waals surface area (Å²) in [6.07, 6.45) is 2.53. The van der Waals surface area contributed by atoms with Gasteiger partial charge in [-0.05, 0) is 13.3 Å². The molecule has 2 heterocycles. The van der Waals surface area contributed by atoms with Crippen LogP contribution >= 0.6 is 0 Å². The third-order valence-corrected chi connectivity index (χ3v) is 3.16. The Balaban J connectivity index is 2.17. The van der Waals surface area contributed by atoms with Crippen molar-refractivity contribution in [3.05, 3.63) is 11.8 Å². The van der Waals surface area contributed by atoms with Crippen LogP contribution in [0.25, 0.3) is 0 Å². The zero-order chi connectivity index (χ0) is 14.0. The molecular weight excluding hydrogens is 246 g/mol. The van der Waals surface area contributed by atoms with E-state index in [0.29, 0.717) is 24.6 Å². The normalized spacial score (nSPS) is 19.5. The summed E-state index contributed by atoms with van der Waals surface area (Å²) >= 11 is 0. The number of hydrogen-bond acceptors (Lipinski definition) is 6. The number of nitrogens with zero attached hydrogens (tertiary/aromatic N) is 3. The van der Waals surface area contributed by atoms with Gasteiger partial charge >= 0.3 is 0 Å². The van der Waals surface area contributed by atoms with Crippen LogP contribution in [-0.4, -0.2) is 46.8 Å². The van der Waals surface area contributed by atoms with Crippen LogP contribution in [0, 0.1) is 6.92 Å². The summed E-state index contributed by atoms with van der Waals surface area (Å²) in [4.78, 5) is 32.9. The summed E-state index contributed by atoms with van der Waals surface area (Å²) in [7, 11) is 3.23. The molecule has 0 aliphatic carbocycles. The van der Waals surface area contributed by atoms with Crippen LogP contribution in [0.1, 0.15) is 18.4 Å². The van der Waals surface area contributed by atoms with Crippen LogP contribution in [0.15, 0.2) is 6.20 Å². The Morgan fingerprint density at radius 3 is 2.84 bits per heavy atom. The molecule has 0 saturated carbocycles. The van der Waals surface area contributed by atoms with E-state index in [-0.39, 0.29) is 11.8 Å². The molecule has 2 amide bonds. The van der Waals surface area contributed by atoms with Crippen LogP contribution in [0.3, 0.4) is 0 Å². The lowest BCUT2D eigenvalue weighted by atomic mass is 10.0. The van der Waals surface area contributed by atoms with Gasteiger partial charge in [0.05, 0.1) is 0 Å². The number of anilines is 2. The topological polar surface area (TPSA) is 87.2 Å². The van der Waals surface area contributed by atoms with Gasteiger partial charge in [-0.25, -0.2) is 4.98 Å². The van der Waals surface area contributed by atoms with E-state index < -0.39 is 6.04 Å². The Labute approximate surface area is 111 Å². The summed E-state index contributed by atoms with van der Waals surface area (Å²) in [5, 5.41) is 5.94. The highest BCUT2D eigenvalue weighted by Gasteiger charge is 2.32. The molecular formula is C12H17N5O2. The molecule has 1 atom stereocenters. The zero-order valence-corrected chi connectivity index (χ0v) is 11.2. The van der Waals surface area contributed by atoms with E-state index in [1.54, 1.807) is 13.2 Å². The van der Waals surface area contributed by atoms with Gasteiger partial charge in [-0.3, -0.25) is 14.5 Å². The van der Waals surface area contributed by atoms with Crippen LogP contribution in [0.2, 0.25) is 0 Å². The first-order valence-electron chi connectivity index (χ1n) is 6.11. The monoisotopic (exact) mass is 263 g/mol. The molecule has 7 heteroatoms. The Morgan fingerprint density at radius 1 is 1.42 bits per heavy atom. The number of imide groups is 1. The lowest BCUT2D eigenvalue weighted by Gasteiger charge is -2.28. The second kappa shape index (κ2) is 5.21. The van der Waals surface area contributed by atoms with Crippen LogP contribution < -0.4 is 10.6 Å². The van der Waals surface area contributed by atoms with Gasteiger partial charge in [0.1, 0.15) is 11.9 Å². The largest absolute Gasteiger partial charge is 0.358 e. The number of likely N-dealkylation sites (N-methyl/N-ethyl adjacent to an activating group) is 1. The number of aromatic nitrogens is 2. The average Bonchev–Trinajstić information content (AvgIpc) is 2.41. The van der Waals surface area contributed by atoms with Crippen molar-refractivity contribution in [3.8, 4) is 0 Å². The molecule has 102 valence electrons. The molecule has 1 aliphatic heterocycles. The minimum absolute atomic E-state index is 0.140. The predicted molar refractivity (Wildman–Crippen MR) is 70.7 cm³/mol. The summed E-state index contributed by atoms with van der Waals surface area (Å²) in [5.74, 6) is 0.736. The first-order valence-corrected chi connectivity index (χ1v) is 6.11. The van der Waals surface area contributed by atoms with E-state index in [1.165, 1.54) is 7.05 Å². The third kappa shape index (κ3) is 2.64. The smallest absolute Gasteiger partial charge is 0.251 e. The van der Waals surface area contributed by atoms with E-state index in [9.17, 15) is 9.59 Å². The second-order valence-electron chi connectivity index (χ2n) is 4.50. The van der Waals surface area contributed by atoms with Gasteiger partial charge in [-0.15, -0.1) is 0 Å². The van der Waals surface area contributed by atoms with Crippen LogP contribution in [0.5, 0.6) is 0 Å². The second-order valence-corrected chi connectivity index (χ2v) is 4.50. The molecule has 1 aromatic heterocycles. The fourth-order valence-corrected chi connectivity index (χ4v) is 1.92. The maximum atomic E-state index is 12.0. The Kier molecular flexibility index (Phi) is 3.64. The zero-order valence-electron chi connectivity index (χ0n) is 11.2. The molecule has 0 radical (unpaired) electrons. The molecule has 1 aromatic rings. The number of nitrogens with one attached hydrogen (secondary N) is 2. The molecule has 1 unspecified atom stereocenters. The molecule has 0 aromatic carbocycles. The molecule has 2 N–H and O–H groups in total. The maximum absolute atomic E-state index is 12.0. The van der Waals surface area contributed by atoms with Crippen molar-refractivity contribution in [2.24, 2.45) is 0 Å². The molecule has 1 saturated heterocycles. The van der Waals surface area contributed by atoms with E-state index in [1.807, 2.05) is 6.92 Å². The van der Waals surface area contributed by atoms with Crippen molar-refractivity contribution in [3.63, 3.8) is 0 Å². The number of likely N-dealkylation sites (tertiary alicyclic amines) is 1. The number of piperidine rings is 1.